The SMILES string of the molecule is COc1cc2c(cc1OC)CN(c1ccc(NC(=O)C3CC3)nn1)CC2. The molecule has 2 heterocycles. The molecule has 1 aromatic carbocycles. The zero-order valence-electron chi connectivity index (χ0n) is 15.0. The topological polar surface area (TPSA) is 76.6 Å². The summed E-state index contributed by atoms with van der Waals surface area (Å²) in [6.45, 7) is 1.59. The Kier molecular flexibility index (Phi) is 4.36. The van der Waals surface area contributed by atoms with Crippen LogP contribution < -0.4 is 19.7 Å². The molecule has 4 rings (SSSR count). The standard InChI is InChI=1S/C19H22N4O3/c1-25-15-9-13-7-8-23(11-14(13)10-16(15)26-2)18-6-5-17(21-22-18)20-19(24)12-3-4-12/h5-6,9-10,12H,3-4,7-8,11H2,1-2H3,(H,20,21,24). The summed E-state index contributed by atoms with van der Waals surface area (Å²) in [5.74, 6) is 3.00. The third kappa shape index (κ3) is 3.29. The van der Waals surface area contributed by atoms with Crippen molar-refractivity contribution in [2.75, 3.05) is 31.0 Å². The van der Waals surface area contributed by atoms with E-state index >= 15 is 0 Å². The van der Waals surface area contributed by atoms with E-state index in [2.05, 4.69) is 20.4 Å². The van der Waals surface area contributed by atoms with Crippen molar-refractivity contribution in [1.29, 1.82) is 0 Å². The van der Waals surface area contributed by atoms with Gasteiger partial charge in [-0.3, -0.25) is 4.79 Å². The molecular weight excluding hydrogens is 332 g/mol. The fourth-order valence-corrected chi connectivity index (χ4v) is 3.21. The molecule has 0 bridgehead atoms. The van der Waals surface area contributed by atoms with Crippen LogP contribution in [0, 0.1) is 5.92 Å². The smallest absolute Gasteiger partial charge is 0.228 e. The molecule has 1 aliphatic heterocycles. The summed E-state index contributed by atoms with van der Waals surface area (Å²) in [6, 6.07) is 7.79. The molecule has 0 atom stereocenters. The van der Waals surface area contributed by atoms with Gasteiger partial charge in [0.1, 0.15) is 0 Å². The van der Waals surface area contributed by atoms with Gasteiger partial charge in [-0.05, 0) is 54.7 Å². The van der Waals surface area contributed by atoms with Crippen molar-refractivity contribution in [3.05, 3.63) is 35.4 Å². The molecule has 2 aliphatic rings. The van der Waals surface area contributed by atoms with Crippen LogP contribution >= 0.6 is 0 Å². The molecule has 1 amide bonds. The molecule has 26 heavy (non-hydrogen) atoms. The van der Waals surface area contributed by atoms with Gasteiger partial charge < -0.3 is 19.7 Å². The summed E-state index contributed by atoms with van der Waals surface area (Å²) in [5, 5.41) is 11.3. The van der Waals surface area contributed by atoms with Crippen molar-refractivity contribution in [1.82, 2.24) is 10.2 Å². The summed E-state index contributed by atoms with van der Waals surface area (Å²) in [5.41, 5.74) is 2.46. The lowest BCUT2D eigenvalue weighted by atomic mass is 9.99. The molecule has 1 N–H and O–H groups in total. The van der Waals surface area contributed by atoms with Crippen molar-refractivity contribution >= 4 is 17.5 Å². The molecule has 0 saturated heterocycles. The molecule has 1 fully saturated rings. The second-order valence-electron chi connectivity index (χ2n) is 6.69. The predicted octanol–water partition coefficient (Wildman–Crippen LogP) is 2.41. The second-order valence-corrected chi connectivity index (χ2v) is 6.69. The second kappa shape index (κ2) is 6.82. The number of benzene rings is 1. The Morgan fingerprint density at radius 1 is 1.12 bits per heavy atom. The minimum absolute atomic E-state index is 0.0417. The van der Waals surface area contributed by atoms with Crippen molar-refractivity contribution < 1.29 is 14.3 Å². The van der Waals surface area contributed by atoms with Crippen LogP contribution in [0.5, 0.6) is 11.5 Å². The van der Waals surface area contributed by atoms with Crippen LogP contribution in [0.2, 0.25) is 0 Å². The number of anilines is 2. The van der Waals surface area contributed by atoms with Gasteiger partial charge in [0.15, 0.2) is 23.1 Å². The lowest BCUT2D eigenvalue weighted by Crippen LogP contribution is -2.31. The number of nitrogens with one attached hydrogen (secondary N) is 1. The maximum absolute atomic E-state index is 11.8. The minimum Gasteiger partial charge on any atom is -0.493 e. The van der Waals surface area contributed by atoms with Crippen molar-refractivity contribution in [3.8, 4) is 11.5 Å². The summed E-state index contributed by atoms with van der Waals surface area (Å²) < 4.78 is 10.8. The maximum atomic E-state index is 11.8. The number of aromatic nitrogens is 2. The Morgan fingerprint density at radius 2 is 1.85 bits per heavy atom. The Bertz CT molecular complexity index is 818. The van der Waals surface area contributed by atoms with Crippen molar-refractivity contribution in [2.24, 2.45) is 5.92 Å². The van der Waals surface area contributed by atoms with Crippen LogP contribution in [-0.2, 0) is 17.8 Å². The molecule has 2 aromatic rings. The third-order valence-corrected chi connectivity index (χ3v) is 4.89. The van der Waals surface area contributed by atoms with E-state index < -0.39 is 0 Å². The molecule has 0 spiro atoms. The van der Waals surface area contributed by atoms with Gasteiger partial charge in [-0.1, -0.05) is 0 Å². The summed E-state index contributed by atoms with van der Waals surface area (Å²) >= 11 is 0. The summed E-state index contributed by atoms with van der Waals surface area (Å²) in [7, 11) is 3.30. The number of nitrogens with zero attached hydrogens (tertiary/aromatic N) is 3. The Balaban J connectivity index is 1.48. The Morgan fingerprint density at radius 3 is 2.46 bits per heavy atom. The van der Waals surface area contributed by atoms with Crippen LogP contribution in [-0.4, -0.2) is 36.9 Å². The van der Waals surface area contributed by atoms with E-state index in [1.807, 2.05) is 24.3 Å². The van der Waals surface area contributed by atoms with Gasteiger partial charge in [0.2, 0.25) is 5.91 Å². The molecule has 7 heteroatoms. The molecule has 136 valence electrons. The largest absolute Gasteiger partial charge is 0.493 e. The first-order chi connectivity index (χ1) is 12.7. The van der Waals surface area contributed by atoms with Crippen LogP contribution in [0.3, 0.4) is 0 Å². The van der Waals surface area contributed by atoms with E-state index in [1.54, 1.807) is 14.2 Å². The van der Waals surface area contributed by atoms with Gasteiger partial charge in [0.05, 0.1) is 14.2 Å². The number of hydrogen-bond donors (Lipinski definition) is 1. The minimum atomic E-state index is 0.0417. The van der Waals surface area contributed by atoms with Gasteiger partial charge in [0, 0.05) is 19.0 Å². The van der Waals surface area contributed by atoms with E-state index in [0.717, 1.165) is 49.7 Å². The number of carbonyl (C=O) groups excluding carboxylic acids is 1. The van der Waals surface area contributed by atoms with E-state index in [1.165, 1.54) is 11.1 Å². The number of amides is 1. The molecular formula is C19H22N4O3. The number of carbonyl (C=O) groups is 1. The third-order valence-electron chi connectivity index (χ3n) is 4.89. The first-order valence-corrected chi connectivity index (χ1v) is 8.81. The van der Waals surface area contributed by atoms with Gasteiger partial charge in [-0.2, -0.15) is 0 Å². The highest BCUT2D eigenvalue weighted by molar-refractivity contribution is 5.93. The average Bonchev–Trinajstić information content (AvgIpc) is 3.52. The number of rotatable bonds is 5. The maximum Gasteiger partial charge on any atom is 0.228 e. The highest BCUT2D eigenvalue weighted by Gasteiger charge is 2.30. The van der Waals surface area contributed by atoms with E-state index in [-0.39, 0.29) is 11.8 Å². The number of ether oxygens (including phenoxy) is 2. The quantitative estimate of drug-likeness (QED) is 0.889. The van der Waals surface area contributed by atoms with E-state index in [0.29, 0.717) is 5.82 Å². The highest BCUT2D eigenvalue weighted by Crippen LogP contribution is 2.34. The van der Waals surface area contributed by atoms with Crippen LogP contribution in [0.15, 0.2) is 24.3 Å². The summed E-state index contributed by atoms with van der Waals surface area (Å²) in [6.07, 6.45) is 2.84. The normalized spacial score (nSPS) is 16.0. The Hall–Kier alpha value is -2.83. The molecule has 7 nitrogen and oxygen atoms in total. The molecule has 1 saturated carbocycles. The van der Waals surface area contributed by atoms with Gasteiger partial charge in [-0.15, -0.1) is 10.2 Å². The van der Waals surface area contributed by atoms with Crippen LogP contribution in [0.25, 0.3) is 0 Å². The van der Waals surface area contributed by atoms with Crippen molar-refractivity contribution in [3.63, 3.8) is 0 Å². The fourth-order valence-electron chi connectivity index (χ4n) is 3.21. The molecule has 1 aliphatic carbocycles. The molecule has 1 aromatic heterocycles. The molecule has 0 radical (unpaired) electrons. The lowest BCUT2D eigenvalue weighted by molar-refractivity contribution is -0.117. The number of fused-ring (bicyclic) bond motifs is 1. The zero-order valence-corrected chi connectivity index (χ0v) is 15.0. The van der Waals surface area contributed by atoms with Gasteiger partial charge in [0.25, 0.3) is 0 Å². The zero-order chi connectivity index (χ0) is 18.1. The lowest BCUT2D eigenvalue weighted by Gasteiger charge is -2.30. The number of hydrogen-bond acceptors (Lipinski definition) is 6. The fraction of sp³-hybridized carbons (Fsp3) is 0.421. The highest BCUT2D eigenvalue weighted by atomic mass is 16.5. The average molecular weight is 354 g/mol. The van der Waals surface area contributed by atoms with E-state index in [4.69, 9.17) is 9.47 Å². The monoisotopic (exact) mass is 354 g/mol. The van der Waals surface area contributed by atoms with E-state index in [9.17, 15) is 4.79 Å². The van der Waals surface area contributed by atoms with Crippen LogP contribution in [0.1, 0.15) is 24.0 Å². The predicted molar refractivity (Wildman–Crippen MR) is 97.7 cm³/mol. The summed E-state index contributed by atoms with van der Waals surface area (Å²) in [4.78, 5) is 14.0. The van der Waals surface area contributed by atoms with Gasteiger partial charge in [-0.25, -0.2) is 0 Å². The van der Waals surface area contributed by atoms with Crippen molar-refractivity contribution in [2.45, 2.75) is 25.8 Å². The first kappa shape index (κ1) is 16.6. The van der Waals surface area contributed by atoms with Crippen LogP contribution in [0.4, 0.5) is 11.6 Å². The number of methoxy groups -OCH3 is 2. The molecule has 0 unspecified atom stereocenters. The Labute approximate surface area is 152 Å². The first-order valence-electron chi connectivity index (χ1n) is 8.81. The van der Waals surface area contributed by atoms with Gasteiger partial charge >= 0.3 is 0 Å².